The topological polar surface area (TPSA) is 98.7 Å². The van der Waals surface area contributed by atoms with Gasteiger partial charge in [-0.2, -0.15) is 9.61 Å². The van der Waals surface area contributed by atoms with Crippen molar-refractivity contribution in [2.45, 2.75) is 37.6 Å². The summed E-state index contributed by atoms with van der Waals surface area (Å²) < 4.78 is 9.79. The van der Waals surface area contributed by atoms with Crippen LogP contribution in [0.2, 0.25) is 0 Å². The number of carbonyl (C=O) groups is 1. The molecule has 0 atom stereocenters. The number of benzene rings is 2. The van der Waals surface area contributed by atoms with Crippen LogP contribution in [-0.4, -0.2) is 46.5 Å². The van der Waals surface area contributed by atoms with Gasteiger partial charge in [0.25, 0.3) is 5.78 Å². The van der Waals surface area contributed by atoms with Crippen LogP contribution in [0.15, 0.2) is 53.9 Å². The molecule has 0 saturated heterocycles. The average Bonchev–Trinajstić information content (AvgIpc) is 3.58. The minimum Gasteiger partial charge on any atom is -0.370 e. The molecule has 6 aromatic rings. The quantitative estimate of drug-likeness (QED) is 0.339. The number of amides is 1. The molecule has 11 heteroatoms. The third-order valence-electron chi connectivity index (χ3n) is 6.44. The number of fused-ring (bicyclic) bond motifs is 9. The maximum atomic E-state index is 12.9. The van der Waals surface area contributed by atoms with Crippen molar-refractivity contribution in [3.8, 4) is 0 Å². The molecule has 7 rings (SSSR count). The van der Waals surface area contributed by atoms with Crippen molar-refractivity contribution in [3.63, 3.8) is 0 Å². The Labute approximate surface area is 213 Å². The molecular weight excluding hydrogens is 494 g/mol. The number of ether oxygens (including phenoxy) is 1. The van der Waals surface area contributed by atoms with Crippen LogP contribution in [-0.2, 0) is 22.6 Å². The molecule has 1 aliphatic heterocycles. The second kappa shape index (κ2) is 7.99. The summed E-state index contributed by atoms with van der Waals surface area (Å²) in [7, 11) is 0. The highest BCUT2D eigenvalue weighted by molar-refractivity contribution is 7.99. The van der Waals surface area contributed by atoms with Gasteiger partial charge in [-0.1, -0.05) is 48.2 Å². The van der Waals surface area contributed by atoms with E-state index in [0.29, 0.717) is 17.5 Å². The van der Waals surface area contributed by atoms with Gasteiger partial charge < -0.3 is 10.1 Å². The predicted molar refractivity (Wildman–Crippen MR) is 141 cm³/mol. The van der Waals surface area contributed by atoms with Crippen molar-refractivity contribution >= 4 is 67.1 Å². The third-order valence-corrected chi connectivity index (χ3v) is 8.56. The maximum absolute atomic E-state index is 12.9. The fourth-order valence-corrected chi connectivity index (χ4v) is 6.82. The van der Waals surface area contributed by atoms with E-state index < -0.39 is 0 Å². The SMILES string of the molecule is CC1(C)Cc2c(sc3c2c2ncnn2c2nnc(SCC(=O)Nc4cccc5ccccc45)n32)CO1. The first-order valence-electron chi connectivity index (χ1n) is 11.5. The van der Waals surface area contributed by atoms with E-state index in [1.807, 2.05) is 46.9 Å². The van der Waals surface area contributed by atoms with Crippen LogP contribution in [0.1, 0.15) is 24.3 Å². The molecule has 36 heavy (non-hydrogen) atoms. The average molecular weight is 516 g/mol. The lowest BCUT2D eigenvalue weighted by atomic mass is 9.94. The number of carbonyl (C=O) groups excluding carboxylic acids is 1. The highest BCUT2D eigenvalue weighted by atomic mass is 32.2. The smallest absolute Gasteiger partial charge is 0.260 e. The van der Waals surface area contributed by atoms with Crippen LogP contribution < -0.4 is 5.32 Å². The van der Waals surface area contributed by atoms with Crippen LogP contribution in [0.3, 0.4) is 0 Å². The zero-order valence-corrected chi connectivity index (χ0v) is 21.2. The monoisotopic (exact) mass is 515 g/mol. The zero-order valence-electron chi connectivity index (χ0n) is 19.6. The van der Waals surface area contributed by atoms with Gasteiger partial charge in [0.15, 0.2) is 10.8 Å². The second-order valence-corrected chi connectivity index (χ2v) is 11.4. The van der Waals surface area contributed by atoms with E-state index in [0.717, 1.165) is 38.7 Å². The molecule has 0 bridgehead atoms. The van der Waals surface area contributed by atoms with Crippen LogP contribution >= 0.6 is 23.1 Å². The molecular formula is C25H21N7O2S2. The molecule has 1 N–H and O–H groups in total. The molecule has 9 nitrogen and oxygen atoms in total. The van der Waals surface area contributed by atoms with Gasteiger partial charge in [0.05, 0.1) is 23.3 Å². The van der Waals surface area contributed by atoms with E-state index in [1.165, 1.54) is 22.2 Å². The Morgan fingerprint density at radius 2 is 2.06 bits per heavy atom. The van der Waals surface area contributed by atoms with E-state index in [2.05, 4.69) is 39.4 Å². The van der Waals surface area contributed by atoms with Gasteiger partial charge >= 0.3 is 0 Å². The summed E-state index contributed by atoms with van der Waals surface area (Å²) in [6.45, 7) is 4.77. The van der Waals surface area contributed by atoms with Crippen molar-refractivity contribution in [1.29, 1.82) is 0 Å². The van der Waals surface area contributed by atoms with Crippen molar-refractivity contribution in [3.05, 3.63) is 59.2 Å². The van der Waals surface area contributed by atoms with Crippen LogP contribution in [0.4, 0.5) is 5.69 Å². The summed E-state index contributed by atoms with van der Waals surface area (Å²) in [6.07, 6.45) is 2.33. The number of aromatic nitrogens is 6. The molecule has 0 saturated carbocycles. The molecule has 1 amide bonds. The molecule has 0 aliphatic carbocycles. The largest absolute Gasteiger partial charge is 0.370 e. The zero-order chi connectivity index (χ0) is 24.4. The number of thioether (sulfide) groups is 1. The summed E-state index contributed by atoms with van der Waals surface area (Å²) >= 11 is 3.02. The highest BCUT2D eigenvalue weighted by Gasteiger charge is 2.32. The number of thiophene rings is 1. The van der Waals surface area contributed by atoms with Crippen molar-refractivity contribution in [1.82, 2.24) is 29.2 Å². The van der Waals surface area contributed by atoms with Gasteiger partial charge in [-0.3, -0.25) is 4.79 Å². The normalized spacial score (nSPS) is 15.2. The van der Waals surface area contributed by atoms with E-state index in [1.54, 1.807) is 22.2 Å². The molecule has 0 radical (unpaired) electrons. The summed E-state index contributed by atoms with van der Waals surface area (Å²) in [4.78, 5) is 19.6. The number of rotatable bonds is 4. The van der Waals surface area contributed by atoms with Crippen LogP contribution in [0.25, 0.3) is 32.4 Å². The highest BCUT2D eigenvalue weighted by Crippen LogP contribution is 2.41. The molecule has 2 aromatic carbocycles. The Bertz CT molecular complexity index is 1810. The van der Waals surface area contributed by atoms with E-state index >= 15 is 0 Å². The number of hydrogen-bond acceptors (Lipinski definition) is 8. The molecule has 180 valence electrons. The fourth-order valence-electron chi connectivity index (χ4n) is 4.81. The second-order valence-electron chi connectivity index (χ2n) is 9.39. The fraction of sp³-hybridized carbons (Fsp3) is 0.240. The predicted octanol–water partition coefficient (Wildman–Crippen LogP) is 4.72. The standard InChI is InChI=1S/C25H21N7O2S2/c1-25(2)10-16-18(11-34-25)36-22-20(16)21-26-13-27-32(21)23-29-30-24(31(22)23)35-12-19(33)28-17-9-5-7-14-6-3-4-8-15(14)17/h3-9,13H,10-12H2,1-2H3,(H,28,33). The lowest BCUT2D eigenvalue weighted by Gasteiger charge is -2.30. The van der Waals surface area contributed by atoms with Crippen LogP contribution in [0, 0.1) is 0 Å². The molecule has 0 spiro atoms. The lowest BCUT2D eigenvalue weighted by molar-refractivity contribution is -0.113. The summed E-state index contributed by atoms with van der Waals surface area (Å²) in [6, 6.07) is 13.9. The number of nitrogens with zero attached hydrogens (tertiary/aromatic N) is 6. The van der Waals surface area contributed by atoms with Gasteiger partial charge in [-0.25, -0.2) is 9.38 Å². The minimum absolute atomic E-state index is 0.105. The lowest BCUT2D eigenvalue weighted by Crippen LogP contribution is -2.31. The van der Waals surface area contributed by atoms with Gasteiger partial charge in [0.2, 0.25) is 5.91 Å². The Hall–Kier alpha value is -3.54. The first kappa shape index (κ1) is 21.7. The number of hydrogen-bond donors (Lipinski definition) is 1. The maximum Gasteiger partial charge on any atom is 0.260 e. The van der Waals surface area contributed by atoms with Crippen LogP contribution in [0.5, 0.6) is 0 Å². The van der Waals surface area contributed by atoms with E-state index in [4.69, 9.17) is 4.74 Å². The summed E-state index contributed by atoms with van der Waals surface area (Å²) in [5.41, 5.74) is 2.55. The first-order valence-corrected chi connectivity index (χ1v) is 13.3. The molecule has 4 aromatic heterocycles. The summed E-state index contributed by atoms with van der Waals surface area (Å²) in [5, 5.41) is 20.1. The van der Waals surface area contributed by atoms with Crippen molar-refractivity contribution in [2.75, 3.05) is 11.1 Å². The Kier molecular flexibility index (Phi) is 4.82. The molecule has 5 heterocycles. The van der Waals surface area contributed by atoms with E-state index in [9.17, 15) is 4.79 Å². The first-order chi connectivity index (χ1) is 17.5. The molecule has 1 aliphatic rings. The summed E-state index contributed by atoms with van der Waals surface area (Å²) in [5.74, 6) is 0.667. The van der Waals surface area contributed by atoms with Gasteiger partial charge in [-0.05, 0) is 30.9 Å². The van der Waals surface area contributed by atoms with Gasteiger partial charge in [-0.15, -0.1) is 21.5 Å². The van der Waals surface area contributed by atoms with Crippen molar-refractivity contribution < 1.29 is 9.53 Å². The number of nitrogens with one attached hydrogen (secondary N) is 1. The van der Waals surface area contributed by atoms with E-state index in [-0.39, 0.29) is 17.3 Å². The van der Waals surface area contributed by atoms with Gasteiger partial charge in [0, 0.05) is 22.4 Å². The Morgan fingerprint density at radius 1 is 1.19 bits per heavy atom. The molecule has 0 fully saturated rings. The molecule has 0 unspecified atom stereocenters. The van der Waals surface area contributed by atoms with Gasteiger partial charge in [0.1, 0.15) is 11.2 Å². The third kappa shape index (κ3) is 3.38. The Morgan fingerprint density at radius 3 is 2.97 bits per heavy atom. The Balaban J connectivity index is 1.26. The number of anilines is 1. The minimum atomic E-state index is -0.253. The van der Waals surface area contributed by atoms with Crippen molar-refractivity contribution in [2.24, 2.45) is 0 Å².